The zero-order valence-corrected chi connectivity index (χ0v) is 24.6. The van der Waals surface area contributed by atoms with Gasteiger partial charge in [0.1, 0.15) is 0 Å². The first-order valence-corrected chi connectivity index (χ1v) is 14.5. The molecule has 0 atom stereocenters. The van der Waals surface area contributed by atoms with Crippen LogP contribution in [0.25, 0.3) is 60.9 Å². The zero-order valence-electron chi connectivity index (χ0n) is 24.6. The van der Waals surface area contributed by atoms with Crippen LogP contribution in [0.15, 0.2) is 116 Å². The van der Waals surface area contributed by atoms with E-state index >= 15 is 0 Å². The lowest BCUT2D eigenvalue weighted by atomic mass is 9.96. The fraction of sp³-hybridized carbons (Fsp3) is 0. The molecular weight excluding hydrogens is 578 g/mol. The van der Waals surface area contributed by atoms with Gasteiger partial charge in [-0.25, -0.2) is 0 Å². The van der Waals surface area contributed by atoms with E-state index in [9.17, 15) is 26.3 Å². The van der Waals surface area contributed by atoms with Crippen LogP contribution in [0.4, 0.5) is 0 Å². The number of benzene rings is 5. The fourth-order valence-corrected chi connectivity index (χ4v) is 6.09. The molecule has 0 aliphatic rings. The van der Waals surface area contributed by atoms with E-state index in [0.717, 1.165) is 49.7 Å². The summed E-state index contributed by atoms with van der Waals surface area (Å²) in [6, 6.07) is 42.6. The third-order valence-electron chi connectivity index (χ3n) is 8.30. The number of nitrogens with zero attached hydrogens (tertiary/aromatic N) is 7. The third kappa shape index (κ3) is 4.79. The summed E-state index contributed by atoms with van der Waals surface area (Å²) in [4.78, 5) is 4.10. The molecule has 0 radical (unpaired) electrons. The summed E-state index contributed by atoms with van der Waals surface area (Å²) >= 11 is 0. The largest absolute Gasteiger partial charge is 0.309 e. The number of nitriles is 5. The van der Waals surface area contributed by atoms with Crippen LogP contribution in [0, 0.1) is 56.7 Å². The van der Waals surface area contributed by atoms with Gasteiger partial charge >= 0.3 is 0 Å². The van der Waals surface area contributed by atoms with E-state index in [1.165, 1.54) is 0 Å². The minimum Gasteiger partial charge on any atom is -0.309 e. The molecule has 7 nitrogen and oxygen atoms in total. The number of fused-ring (bicyclic) bond motifs is 3. The Bertz CT molecular complexity index is 2500. The first-order valence-electron chi connectivity index (χ1n) is 14.5. The van der Waals surface area contributed by atoms with Crippen molar-refractivity contribution in [2.24, 2.45) is 0 Å². The molecule has 0 N–H and O–H groups in total. The molecular formula is C40H19N7. The van der Waals surface area contributed by atoms with Crippen molar-refractivity contribution in [2.45, 2.75) is 0 Å². The Morgan fingerprint density at radius 3 is 1.38 bits per heavy atom. The Kier molecular flexibility index (Phi) is 6.94. The van der Waals surface area contributed by atoms with Crippen molar-refractivity contribution in [3.63, 3.8) is 0 Å². The lowest BCUT2D eigenvalue weighted by molar-refractivity contribution is 1.18. The van der Waals surface area contributed by atoms with E-state index in [1.807, 2.05) is 66.7 Å². The van der Waals surface area contributed by atoms with Crippen molar-refractivity contribution in [3.8, 4) is 69.4 Å². The highest BCUT2D eigenvalue weighted by Crippen LogP contribution is 2.39. The molecule has 0 saturated carbocycles. The summed E-state index contributed by atoms with van der Waals surface area (Å²) in [5, 5.41) is 50.7. The Morgan fingerprint density at radius 2 is 0.894 bits per heavy atom. The summed E-state index contributed by atoms with van der Waals surface area (Å²) in [5.74, 6) is 0. The van der Waals surface area contributed by atoms with Gasteiger partial charge in [0.2, 0.25) is 0 Å². The van der Waals surface area contributed by atoms with Crippen LogP contribution in [0.1, 0.15) is 27.8 Å². The van der Waals surface area contributed by atoms with Gasteiger partial charge in [0.15, 0.2) is 0 Å². The van der Waals surface area contributed by atoms with E-state index in [2.05, 4.69) is 39.9 Å². The van der Waals surface area contributed by atoms with Crippen molar-refractivity contribution in [1.82, 2.24) is 9.55 Å². The van der Waals surface area contributed by atoms with E-state index < -0.39 is 0 Å². The van der Waals surface area contributed by atoms with Gasteiger partial charge in [-0.05, 0) is 94.0 Å². The van der Waals surface area contributed by atoms with Gasteiger partial charge in [-0.3, -0.25) is 4.98 Å². The van der Waals surface area contributed by atoms with Gasteiger partial charge in [0.25, 0.3) is 0 Å². The average molecular weight is 598 g/mol. The molecule has 7 heteroatoms. The van der Waals surface area contributed by atoms with Crippen LogP contribution in [0.2, 0.25) is 0 Å². The monoisotopic (exact) mass is 597 g/mol. The Balaban J connectivity index is 1.52. The second-order valence-corrected chi connectivity index (χ2v) is 10.8. The van der Waals surface area contributed by atoms with Crippen LogP contribution in [0.5, 0.6) is 0 Å². The minimum absolute atomic E-state index is 0.395. The molecule has 0 aliphatic heterocycles. The Hall–Kier alpha value is -7.50. The molecule has 0 unspecified atom stereocenters. The smallest absolute Gasteiger partial charge is 0.0998 e. The maximum Gasteiger partial charge on any atom is 0.0998 e. The SMILES string of the molecule is N#Cc1ccc(-c2ccc3c4ccc(-c5ccc(C#N)cc5C#N)cc4n(-c4ccc(-c5ccncc5)c(C#N)c4)c3c2)c(C#N)c1. The topological polar surface area (TPSA) is 137 Å². The molecule has 2 aromatic heterocycles. The van der Waals surface area contributed by atoms with Gasteiger partial charge in [0.05, 0.1) is 69.2 Å². The third-order valence-corrected chi connectivity index (χ3v) is 8.30. The first kappa shape index (κ1) is 28.3. The average Bonchev–Trinajstić information content (AvgIpc) is 3.47. The van der Waals surface area contributed by atoms with Gasteiger partial charge < -0.3 is 4.57 Å². The second kappa shape index (κ2) is 11.5. The van der Waals surface area contributed by atoms with Gasteiger partial charge in [-0.15, -0.1) is 0 Å². The van der Waals surface area contributed by atoms with E-state index in [1.54, 1.807) is 48.8 Å². The second-order valence-electron chi connectivity index (χ2n) is 10.8. The predicted octanol–water partition coefficient (Wildman–Crippen LogP) is 8.54. The lowest BCUT2D eigenvalue weighted by Crippen LogP contribution is -1.97. The quantitative estimate of drug-likeness (QED) is 0.199. The summed E-state index contributed by atoms with van der Waals surface area (Å²) < 4.78 is 2.08. The standard InChI is InChI=1S/C40H19N7/c41-20-25-1-6-35(30(15-25)22-43)28-3-8-37-38-9-4-29(36-7-2-26(21-42)16-31(36)23-44)19-40(38)47(39(37)18-28)33-5-10-34(32(17-33)24-45)27-11-13-46-14-12-27/h1-19H. The summed E-state index contributed by atoms with van der Waals surface area (Å²) in [6.07, 6.45) is 3.38. The lowest BCUT2D eigenvalue weighted by Gasteiger charge is -2.13. The molecule has 0 spiro atoms. The van der Waals surface area contributed by atoms with Crippen LogP contribution < -0.4 is 0 Å². The summed E-state index contributed by atoms with van der Waals surface area (Å²) in [7, 11) is 0. The summed E-state index contributed by atoms with van der Waals surface area (Å²) in [5.41, 5.74) is 9.23. The van der Waals surface area contributed by atoms with Gasteiger partial charge in [-0.2, -0.15) is 26.3 Å². The van der Waals surface area contributed by atoms with Crippen molar-refractivity contribution in [2.75, 3.05) is 0 Å². The molecule has 7 rings (SSSR count). The van der Waals surface area contributed by atoms with Gasteiger partial charge in [-0.1, -0.05) is 42.5 Å². The zero-order chi connectivity index (χ0) is 32.5. The van der Waals surface area contributed by atoms with Crippen molar-refractivity contribution in [3.05, 3.63) is 143 Å². The maximum absolute atomic E-state index is 10.2. The van der Waals surface area contributed by atoms with E-state index in [0.29, 0.717) is 38.9 Å². The number of hydrogen-bond donors (Lipinski definition) is 0. The molecule has 0 saturated heterocycles. The normalized spacial score (nSPS) is 10.4. The molecule has 214 valence electrons. The van der Waals surface area contributed by atoms with E-state index in [-0.39, 0.29) is 0 Å². The van der Waals surface area contributed by atoms with Crippen LogP contribution in [0.3, 0.4) is 0 Å². The predicted molar refractivity (Wildman–Crippen MR) is 178 cm³/mol. The molecule has 2 heterocycles. The molecule has 0 amide bonds. The summed E-state index contributed by atoms with van der Waals surface area (Å²) in [6.45, 7) is 0. The number of hydrogen-bond acceptors (Lipinski definition) is 6. The fourth-order valence-electron chi connectivity index (χ4n) is 6.09. The maximum atomic E-state index is 10.2. The Labute approximate surface area is 269 Å². The molecule has 0 aliphatic carbocycles. The van der Waals surface area contributed by atoms with Crippen molar-refractivity contribution >= 4 is 21.8 Å². The highest BCUT2D eigenvalue weighted by molar-refractivity contribution is 6.11. The van der Waals surface area contributed by atoms with Crippen LogP contribution in [-0.2, 0) is 0 Å². The Morgan fingerprint density at radius 1 is 0.426 bits per heavy atom. The van der Waals surface area contributed by atoms with E-state index in [4.69, 9.17) is 0 Å². The highest BCUT2D eigenvalue weighted by atomic mass is 15.0. The molecule has 47 heavy (non-hydrogen) atoms. The molecule has 7 aromatic rings. The van der Waals surface area contributed by atoms with Crippen LogP contribution >= 0.6 is 0 Å². The van der Waals surface area contributed by atoms with Crippen molar-refractivity contribution < 1.29 is 0 Å². The first-order chi connectivity index (χ1) is 23.1. The number of aromatic nitrogens is 2. The molecule has 5 aromatic carbocycles. The highest BCUT2D eigenvalue weighted by Gasteiger charge is 2.18. The van der Waals surface area contributed by atoms with Crippen LogP contribution in [-0.4, -0.2) is 9.55 Å². The molecule has 0 fully saturated rings. The number of pyridine rings is 1. The van der Waals surface area contributed by atoms with Gasteiger partial charge in [0, 0.05) is 28.9 Å². The number of rotatable bonds is 4. The van der Waals surface area contributed by atoms with Crippen molar-refractivity contribution in [1.29, 1.82) is 26.3 Å². The minimum atomic E-state index is 0.395. The molecule has 0 bridgehead atoms.